The van der Waals surface area contributed by atoms with Crippen molar-refractivity contribution in [2.45, 2.75) is 13.1 Å². The van der Waals surface area contributed by atoms with Gasteiger partial charge in [0, 0.05) is 32.7 Å². The van der Waals surface area contributed by atoms with Crippen molar-refractivity contribution >= 4 is 16.5 Å². The second-order valence-corrected chi connectivity index (χ2v) is 5.97. The first-order chi connectivity index (χ1) is 9.40. The molecule has 2 rings (SSSR count). The lowest BCUT2D eigenvalue weighted by atomic mass is 10.1. The van der Waals surface area contributed by atoms with E-state index in [4.69, 9.17) is 5.73 Å². The molecule has 1 unspecified atom stereocenters. The average Bonchev–Trinajstić information content (AvgIpc) is 2.89. The number of halogens is 3. The Morgan fingerprint density at radius 1 is 1.25 bits per heavy atom. The molecule has 2 heterocycles. The van der Waals surface area contributed by atoms with Crippen molar-refractivity contribution in [1.82, 2.24) is 15.1 Å². The van der Waals surface area contributed by atoms with Gasteiger partial charge in [-0.3, -0.25) is 4.90 Å². The molecule has 0 amide bonds. The van der Waals surface area contributed by atoms with Crippen LogP contribution in [0.3, 0.4) is 0 Å². The molecule has 114 valence electrons. The van der Waals surface area contributed by atoms with Gasteiger partial charge in [-0.1, -0.05) is 18.3 Å². The van der Waals surface area contributed by atoms with Gasteiger partial charge in [0.2, 0.25) is 10.1 Å². The summed E-state index contributed by atoms with van der Waals surface area (Å²) in [5.41, 5.74) is 5.59. The molecule has 1 atom stereocenters. The van der Waals surface area contributed by atoms with Crippen LogP contribution >= 0.6 is 11.3 Å². The Labute approximate surface area is 119 Å². The SMILES string of the molecule is CC(CN)CN1CCN(c2nnc(C(F)(F)F)s2)CC1. The number of hydrogen-bond donors (Lipinski definition) is 1. The first kappa shape index (κ1) is 15.5. The first-order valence-electron chi connectivity index (χ1n) is 6.48. The van der Waals surface area contributed by atoms with Gasteiger partial charge >= 0.3 is 6.18 Å². The van der Waals surface area contributed by atoms with Gasteiger partial charge in [-0.25, -0.2) is 0 Å². The monoisotopic (exact) mass is 309 g/mol. The summed E-state index contributed by atoms with van der Waals surface area (Å²) in [6.45, 7) is 6.62. The zero-order chi connectivity index (χ0) is 14.8. The summed E-state index contributed by atoms with van der Waals surface area (Å²) >= 11 is 0.606. The van der Waals surface area contributed by atoms with Crippen LogP contribution in [0, 0.1) is 5.92 Å². The lowest BCUT2D eigenvalue weighted by molar-refractivity contribution is -0.138. The van der Waals surface area contributed by atoms with Gasteiger partial charge in [0.05, 0.1) is 0 Å². The van der Waals surface area contributed by atoms with E-state index < -0.39 is 11.2 Å². The number of aromatic nitrogens is 2. The molecule has 20 heavy (non-hydrogen) atoms. The van der Waals surface area contributed by atoms with E-state index in [0.717, 1.165) is 19.6 Å². The number of nitrogens with two attached hydrogens (primary N) is 1. The number of nitrogens with zero attached hydrogens (tertiary/aromatic N) is 4. The second-order valence-electron chi connectivity index (χ2n) is 5.02. The smallest absolute Gasteiger partial charge is 0.344 e. The van der Waals surface area contributed by atoms with E-state index in [2.05, 4.69) is 22.0 Å². The van der Waals surface area contributed by atoms with Crippen molar-refractivity contribution in [2.75, 3.05) is 44.2 Å². The van der Waals surface area contributed by atoms with E-state index in [0.29, 0.717) is 42.0 Å². The third kappa shape index (κ3) is 3.80. The Balaban J connectivity index is 1.89. The molecule has 1 saturated heterocycles. The molecule has 5 nitrogen and oxygen atoms in total. The summed E-state index contributed by atoms with van der Waals surface area (Å²) in [7, 11) is 0. The van der Waals surface area contributed by atoms with E-state index in [9.17, 15) is 13.2 Å². The normalized spacial score (nSPS) is 19.4. The summed E-state index contributed by atoms with van der Waals surface area (Å²) in [4.78, 5) is 4.14. The minimum Gasteiger partial charge on any atom is -0.344 e. The van der Waals surface area contributed by atoms with Crippen molar-refractivity contribution in [3.63, 3.8) is 0 Å². The number of rotatable bonds is 4. The van der Waals surface area contributed by atoms with Crippen molar-refractivity contribution in [3.8, 4) is 0 Å². The molecule has 1 aromatic rings. The second kappa shape index (κ2) is 6.23. The van der Waals surface area contributed by atoms with Crippen LogP contribution in [0.1, 0.15) is 11.9 Å². The molecule has 2 N–H and O–H groups in total. The zero-order valence-corrected chi connectivity index (χ0v) is 12.0. The van der Waals surface area contributed by atoms with Gasteiger partial charge in [-0.2, -0.15) is 13.2 Å². The van der Waals surface area contributed by atoms with Crippen LogP contribution in [0.5, 0.6) is 0 Å². The molecule has 0 aliphatic carbocycles. The van der Waals surface area contributed by atoms with Crippen LogP contribution in [0.25, 0.3) is 0 Å². The molecule has 0 bridgehead atoms. The van der Waals surface area contributed by atoms with Crippen molar-refractivity contribution in [1.29, 1.82) is 0 Å². The van der Waals surface area contributed by atoms with Crippen LogP contribution in [0.4, 0.5) is 18.3 Å². The molecule has 1 aromatic heterocycles. The quantitative estimate of drug-likeness (QED) is 0.908. The molecule has 1 aliphatic rings. The highest BCUT2D eigenvalue weighted by atomic mass is 32.1. The Kier molecular flexibility index (Phi) is 4.82. The highest BCUT2D eigenvalue weighted by Crippen LogP contribution is 2.34. The summed E-state index contributed by atoms with van der Waals surface area (Å²) in [6, 6.07) is 0. The molecular weight excluding hydrogens is 291 g/mol. The third-order valence-electron chi connectivity index (χ3n) is 3.27. The van der Waals surface area contributed by atoms with Crippen LogP contribution in [0.2, 0.25) is 0 Å². The minimum absolute atomic E-state index is 0.351. The van der Waals surface area contributed by atoms with Gasteiger partial charge in [0.1, 0.15) is 0 Å². The Morgan fingerprint density at radius 3 is 2.40 bits per heavy atom. The summed E-state index contributed by atoms with van der Waals surface area (Å²) in [6.07, 6.45) is -4.41. The standard InChI is InChI=1S/C11H18F3N5S/c1-8(6-15)7-18-2-4-19(5-3-18)10-17-16-9(20-10)11(12,13)14/h8H,2-7,15H2,1H3. The molecule has 0 spiro atoms. The molecule has 0 saturated carbocycles. The highest BCUT2D eigenvalue weighted by Gasteiger charge is 2.36. The molecule has 9 heteroatoms. The lowest BCUT2D eigenvalue weighted by Gasteiger charge is -2.35. The van der Waals surface area contributed by atoms with Crippen LogP contribution in [-0.2, 0) is 6.18 Å². The molecule has 1 fully saturated rings. The highest BCUT2D eigenvalue weighted by molar-refractivity contribution is 7.15. The predicted octanol–water partition coefficient (Wildman–Crippen LogP) is 1.27. The van der Waals surface area contributed by atoms with E-state index >= 15 is 0 Å². The van der Waals surface area contributed by atoms with Gasteiger partial charge < -0.3 is 10.6 Å². The maximum atomic E-state index is 12.5. The number of alkyl halides is 3. The van der Waals surface area contributed by atoms with Crippen molar-refractivity contribution < 1.29 is 13.2 Å². The van der Waals surface area contributed by atoms with Crippen LogP contribution in [0.15, 0.2) is 0 Å². The van der Waals surface area contributed by atoms with Gasteiger partial charge in [-0.05, 0) is 12.5 Å². The van der Waals surface area contributed by atoms with E-state index in [1.165, 1.54) is 0 Å². The molecule has 1 aliphatic heterocycles. The van der Waals surface area contributed by atoms with Crippen molar-refractivity contribution in [3.05, 3.63) is 5.01 Å². The summed E-state index contributed by atoms with van der Waals surface area (Å²) in [5, 5.41) is 6.33. The Morgan fingerprint density at radius 2 is 1.90 bits per heavy atom. The molecular formula is C11H18F3N5S. The molecule has 0 radical (unpaired) electrons. The van der Waals surface area contributed by atoms with E-state index in [1.807, 2.05) is 4.90 Å². The van der Waals surface area contributed by atoms with Gasteiger partial charge in [-0.15, -0.1) is 10.2 Å². The maximum Gasteiger partial charge on any atom is 0.445 e. The van der Waals surface area contributed by atoms with Crippen molar-refractivity contribution in [2.24, 2.45) is 11.7 Å². The Bertz CT molecular complexity index is 428. The van der Waals surface area contributed by atoms with Gasteiger partial charge in [0.15, 0.2) is 0 Å². The van der Waals surface area contributed by atoms with Crippen LogP contribution < -0.4 is 10.6 Å². The number of piperazine rings is 1. The summed E-state index contributed by atoms with van der Waals surface area (Å²) in [5.74, 6) is 0.430. The minimum atomic E-state index is -4.41. The van der Waals surface area contributed by atoms with E-state index in [-0.39, 0.29) is 0 Å². The first-order valence-corrected chi connectivity index (χ1v) is 7.30. The Hall–Kier alpha value is -0.930. The average molecular weight is 309 g/mol. The fraction of sp³-hybridized carbons (Fsp3) is 0.818. The van der Waals surface area contributed by atoms with Gasteiger partial charge in [0.25, 0.3) is 0 Å². The zero-order valence-electron chi connectivity index (χ0n) is 11.2. The fourth-order valence-corrected chi connectivity index (χ4v) is 2.86. The number of hydrogen-bond acceptors (Lipinski definition) is 6. The molecule has 0 aromatic carbocycles. The van der Waals surface area contributed by atoms with E-state index in [1.54, 1.807) is 0 Å². The third-order valence-corrected chi connectivity index (χ3v) is 4.30. The van der Waals surface area contributed by atoms with Crippen LogP contribution in [-0.4, -0.2) is 54.4 Å². The fourth-order valence-electron chi connectivity index (χ4n) is 2.09. The number of anilines is 1. The predicted molar refractivity (Wildman–Crippen MR) is 71.8 cm³/mol. The summed E-state index contributed by atoms with van der Waals surface area (Å²) < 4.78 is 37.4. The topological polar surface area (TPSA) is 58.3 Å². The maximum absolute atomic E-state index is 12.5. The lowest BCUT2D eigenvalue weighted by Crippen LogP contribution is -2.48. The largest absolute Gasteiger partial charge is 0.445 e.